The van der Waals surface area contributed by atoms with E-state index in [1.54, 1.807) is 0 Å². The normalized spacial score (nSPS) is 22.6. The third-order valence-corrected chi connectivity index (χ3v) is 7.62. The van der Waals surface area contributed by atoms with E-state index in [1.807, 2.05) is 30.0 Å². The number of ketones is 1. The van der Waals surface area contributed by atoms with Crippen LogP contribution in [0.15, 0.2) is 24.3 Å². The molecule has 33 heavy (non-hydrogen) atoms. The summed E-state index contributed by atoms with van der Waals surface area (Å²) in [5.74, 6) is 0.636. The van der Waals surface area contributed by atoms with Gasteiger partial charge in [0.05, 0.1) is 12.6 Å². The second-order valence-electron chi connectivity index (χ2n) is 10.1. The highest BCUT2D eigenvalue weighted by atomic mass is 16.2. The van der Waals surface area contributed by atoms with Gasteiger partial charge in [-0.3, -0.25) is 14.4 Å². The number of likely N-dealkylation sites (tertiary alicyclic amines) is 1. The number of hydrogen-bond acceptors (Lipinski definition) is 4. The Morgan fingerprint density at radius 2 is 1.85 bits per heavy atom. The minimum absolute atomic E-state index is 0. The highest BCUT2D eigenvalue weighted by Crippen LogP contribution is 2.29. The van der Waals surface area contributed by atoms with Gasteiger partial charge in [0.25, 0.3) is 5.91 Å². The van der Waals surface area contributed by atoms with Gasteiger partial charge < -0.3 is 15.5 Å². The Labute approximate surface area is 200 Å². The number of Topliss-reactive ketones (excluding diaryl/α,β-unsaturated/α-hetero) is 1. The third kappa shape index (κ3) is 6.44. The Morgan fingerprint density at radius 3 is 2.58 bits per heavy atom. The van der Waals surface area contributed by atoms with Gasteiger partial charge in [0.15, 0.2) is 5.78 Å². The van der Waals surface area contributed by atoms with Crippen molar-refractivity contribution in [3.05, 3.63) is 35.4 Å². The zero-order chi connectivity index (χ0) is 23.2. The number of carbonyl (C=O) groups excluding carboxylic acids is 3. The molecule has 1 unspecified atom stereocenters. The van der Waals surface area contributed by atoms with E-state index in [0.29, 0.717) is 31.1 Å². The molecular formula is C27H43N3O3. The van der Waals surface area contributed by atoms with E-state index in [4.69, 9.17) is 0 Å². The van der Waals surface area contributed by atoms with Crippen LogP contribution in [-0.2, 0) is 9.59 Å². The molecule has 3 fully saturated rings. The summed E-state index contributed by atoms with van der Waals surface area (Å²) < 4.78 is 0. The van der Waals surface area contributed by atoms with Crippen molar-refractivity contribution in [1.29, 1.82) is 0 Å². The molecule has 2 N–H and O–H groups in total. The standard InChI is InChI=1S/C27H39N3O3.2H2/c1-2-24(31)26(19-8-4-3-5-9-19)29-27(33)21-11-6-10-20(16-21)22-12-7-15-30(18-22)25(32)17-28-23-13-14-23;;/h6,10-11,16,19,22-23,26,28H,2-5,7-9,12-15,17-18H2,1H3,(H,29,33);2*1H/t22?,26-;;/m1../s1. The molecule has 6 nitrogen and oxygen atoms in total. The molecule has 1 aromatic carbocycles. The zero-order valence-corrected chi connectivity index (χ0v) is 20.0. The largest absolute Gasteiger partial charge is 0.342 e. The highest BCUT2D eigenvalue weighted by Gasteiger charge is 2.31. The number of amides is 2. The first-order valence-electron chi connectivity index (χ1n) is 13.0. The summed E-state index contributed by atoms with van der Waals surface area (Å²) in [6.07, 6.45) is 10.3. The number of hydrogen-bond donors (Lipinski definition) is 2. The third-order valence-electron chi connectivity index (χ3n) is 7.62. The van der Waals surface area contributed by atoms with Gasteiger partial charge in [0, 0.05) is 39.9 Å². The van der Waals surface area contributed by atoms with Gasteiger partial charge in [0.1, 0.15) is 0 Å². The van der Waals surface area contributed by atoms with Gasteiger partial charge in [-0.15, -0.1) is 0 Å². The predicted molar refractivity (Wildman–Crippen MR) is 133 cm³/mol. The summed E-state index contributed by atoms with van der Waals surface area (Å²) in [6.45, 7) is 3.81. The molecule has 2 atom stereocenters. The SMILES string of the molecule is CCC(=O)[C@H](NC(=O)c1cccc(C2CCCN(C(=O)CNC3CC3)C2)c1)C1CCCCC1.[HH].[HH]. The Bertz CT molecular complexity index is 856. The molecular weight excluding hydrogens is 414 g/mol. The van der Waals surface area contributed by atoms with Crippen LogP contribution in [0, 0.1) is 5.92 Å². The smallest absolute Gasteiger partial charge is 0.251 e. The monoisotopic (exact) mass is 457 g/mol. The highest BCUT2D eigenvalue weighted by molar-refractivity contribution is 5.98. The van der Waals surface area contributed by atoms with Crippen molar-refractivity contribution in [3.8, 4) is 0 Å². The number of rotatable bonds is 9. The molecule has 1 saturated heterocycles. The van der Waals surface area contributed by atoms with Gasteiger partial charge in [-0.05, 0) is 62.1 Å². The molecule has 0 aromatic heterocycles. The Hall–Kier alpha value is -2.21. The number of carbonyl (C=O) groups is 3. The van der Waals surface area contributed by atoms with Gasteiger partial charge in [0.2, 0.25) is 5.91 Å². The molecule has 3 aliphatic rings. The van der Waals surface area contributed by atoms with Crippen LogP contribution in [0.1, 0.15) is 95.8 Å². The number of benzene rings is 1. The van der Waals surface area contributed by atoms with Crippen molar-refractivity contribution in [2.75, 3.05) is 19.6 Å². The first-order chi connectivity index (χ1) is 16.0. The second-order valence-corrected chi connectivity index (χ2v) is 10.1. The van der Waals surface area contributed by atoms with Crippen LogP contribution in [0.5, 0.6) is 0 Å². The molecule has 1 heterocycles. The van der Waals surface area contributed by atoms with E-state index in [2.05, 4.69) is 16.7 Å². The summed E-state index contributed by atoms with van der Waals surface area (Å²) in [4.78, 5) is 40.4. The summed E-state index contributed by atoms with van der Waals surface area (Å²) in [7, 11) is 0. The molecule has 1 aromatic rings. The zero-order valence-electron chi connectivity index (χ0n) is 20.0. The van der Waals surface area contributed by atoms with Crippen LogP contribution in [0.4, 0.5) is 0 Å². The topological polar surface area (TPSA) is 78.5 Å². The van der Waals surface area contributed by atoms with Crippen LogP contribution in [0.3, 0.4) is 0 Å². The minimum Gasteiger partial charge on any atom is -0.342 e. The molecule has 2 amide bonds. The van der Waals surface area contributed by atoms with E-state index >= 15 is 0 Å². The van der Waals surface area contributed by atoms with Crippen molar-refractivity contribution >= 4 is 17.6 Å². The van der Waals surface area contributed by atoms with Crippen LogP contribution in [0.2, 0.25) is 0 Å². The van der Waals surface area contributed by atoms with Gasteiger partial charge in [-0.25, -0.2) is 0 Å². The molecule has 0 spiro atoms. The molecule has 1 aliphatic heterocycles. The lowest BCUT2D eigenvalue weighted by molar-refractivity contribution is -0.131. The van der Waals surface area contributed by atoms with Crippen molar-refractivity contribution in [1.82, 2.24) is 15.5 Å². The summed E-state index contributed by atoms with van der Waals surface area (Å²) >= 11 is 0. The van der Waals surface area contributed by atoms with E-state index in [0.717, 1.165) is 50.6 Å². The number of nitrogens with zero attached hydrogens (tertiary/aromatic N) is 1. The average molecular weight is 458 g/mol. The van der Waals surface area contributed by atoms with Gasteiger partial charge in [-0.1, -0.05) is 38.3 Å². The fourth-order valence-corrected chi connectivity index (χ4v) is 5.41. The van der Waals surface area contributed by atoms with Crippen molar-refractivity contribution in [2.45, 2.75) is 89.1 Å². The average Bonchev–Trinajstić information content (AvgIpc) is 3.70. The number of nitrogens with one attached hydrogen (secondary N) is 2. The van der Waals surface area contributed by atoms with E-state index < -0.39 is 0 Å². The van der Waals surface area contributed by atoms with Crippen LogP contribution in [-0.4, -0.2) is 54.2 Å². The molecule has 6 heteroatoms. The lowest BCUT2D eigenvalue weighted by atomic mass is 9.81. The summed E-state index contributed by atoms with van der Waals surface area (Å²) in [6, 6.07) is 7.93. The van der Waals surface area contributed by atoms with Crippen LogP contribution in [0.25, 0.3) is 0 Å². The van der Waals surface area contributed by atoms with Gasteiger partial charge in [-0.2, -0.15) is 0 Å². The molecule has 2 aliphatic carbocycles. The number of piperidine rings is 1. The van der Waals surface area contributed by atoms with Crippen molar-refractivity contribution < 1.29 is 17.2 Å². The van der Waals surface area contributed by atoms with E-state index in [-0.39, 0.29) is 38.3 Å². The first-order valence-corrected chi connectivity index (χ1v) is 13.0. The molecule has 2 saturated carbocycles. The molecule has 184 valence electrons. The van der Waals surface area contributed by atoms with E-state index in [1.165, 1.54) is 19.3 Å². The Morgan fingerprint density at radius 1 is 1.06 bits per heavy atom. The minimum atomic E-state index is -0.381. The van der Waals surface area contributed by atoms with Crippen molar-refractivity contribution in [3.63, 3.8) is 0 Å². The predicted octanol–water partition coefficient (Wildman–Crippen LogP) is 4.29. The van der Waals surface area contributed by atoms with E-state index in [9.17, 15) is 14.4 Å². The molecule has 0 bridgehead atoms. The lowest BCUT2D eigenvalue weighted by Crippen LogP contribution is -2.46. The maximum atomic E-state index is 13.1. The quantitative estimate of drug-likeness (QED) is 0.580. The Balaban J connectivity index is 0.00000216. The first kappa shape index (κ1) is 23.9. The summed E-state index contributed by atoms with van der Waals surface area (Å²) in [5, 5.41) is 6.40. The summed E-state index contributed by atoms with van der Waals surface area (Å²) in [5.41, 5.74) is 1.71. The molecule has 0 radical (unpaired) electrons. The maximum Gasteiger partial charge on any atom is 0.251 e. The van der Waals surface area contributed by atoms with Crippen molar-refractivity contribution in [2.24, 2.45) is 5.92 Å². The second kappa shape index (κ2) is 11.3. The molecule has 4 rings (SSSR count). The van der Waals surface area contributed by atoms with Crippen LogP contribution >= 0.6 is 0 Å². The fraction of sp³-hybridized carbons (Fsp3) is 0.667. The lowest BCUT2D eigenvalue weighted by Gasteiger charge is -2.33. The fourth-order valence-electron chi connectivity index (χ4n) is 5.41. The Kier molecular flexibility index (Phi) is 8.18. The van der Waals surface area contributed by atoms with Gasteiger partial charge >= 0.3 is 0 Å². The maximum absolute atomic E-state index is 13.1. The van der Waals surface area contributed by atoms with Crippen LogP contribution < -0.4 is 10.6 Å².